The smallest absolute Gasteiger partial charge is 0.387 e. The number of carbonyl (C=O) groups is 1. The van der Waals surface area contributed by atoms with E-state index in [2.05, 4.69) is 4.74 Å². The maximum Gasteiger partial charge on any atom is 0.387 e. The molecule has 24 heavy (non-hydrogen) atoms. The van der Waals surface area contributed by atoms with Crippen LogP contribution in [0, 0.1) is 0 Å². The number of rotatable bonds is 4. The summed E-state index contributed by atoms with van der Waals surface area (Å²) < 4.78 is 28.8. The average molecular weight is 372 g/mol. The first-order chi connectivity index (χ1) is 11.5. The predicted molar refractivity (Wildman–Crippen MR) is 88.9 cm³/mol. The fourth-order valence-electron chi connectivity index (χ4n) is 2.43. The van der Waals surface area contributed by atoms with Crippen molar-refractivity contribution in [3.05, 3.63) is 53.1 Å². The van der Waals surface area contributed by atoms with Crippen molar-refractivity contribution in [3.63, 3.8) is 0 Å². The van der Waals surface area contributed by atoms with Crippen LogP contribution in [-0.2, 0) is 4.79 Å². The van der Waals surface area contributed by atoms with Gasteiger partial charge in [-0.3, -0.25) is 9.69 Å². The maximum absolute atomic E-state index is 12.3. The zero-order chi connectivity index (χ0) is 17.3. The van der Waals surface area contributed by atoms with Crippen molar-refractivity contribution in [2.75, 3.05) is 10.7 Å². The lowest BCUT2D eigenvalue weighted by molar-refractivity contribution is -0.115. The molecule has 2 aromatic carbocycles. The number of aromatic hydroxyl groups is 1. The Bertz CT molecular complexity index is 757. The standard InChI is InChI=1S/C16H12ClF2NO3S/c17-10-3-6-13(21)12(7-10)20-14(22)8-24-15(20)9-1-4-11(5-2-9)23-16(18)19/h1-7,15-16,21H,8H2. The Morgan fingerprint density at radius 3 is 2.62 bits per heavy atom. The Labute approximate surface area is 146 Å². The third-order valence-electron chi connectivity index (χ3n) is 3.46. The van der Waals surface area contributed by atoms with Gasteiger partial charge < -0.3 is 9.84 Å². The molecule has 0 spiro atoms. The van der Waals surface area contributed by atoms with E-state index in [1.165, 1.54) is 47.0 Å². The molecule has 0 aliphatic carbocycles. The van der Waals surface area contributed by atoms with Gasteiger partial charge in [-0.25, -0.2) is 0 Å². The van der Waals surface area contributed by atoms with Crippen LogP contribution in [0.4, 0.5) is 14.5 Å². The van der Waals surface area contributed by atoms with Crippen LogP contribution in [0.25, 0.3) is 0 Å². The number of anilines is 1. The van der Waals surface area contributed by atoms with Crippen molar-refractivity contribution in [2.45, 2.75) is 12.0 Å². The molecule has 1 saturated heterocycles. The summed E-state index contributed by atoms with van der Waals surface area (Å²) in [6.45, 7) is -2.89. The van der Waals surface area contributed by atoms with E-state index in [1.54, 1.807) is 12.1 Å². The molecule has 0 saturated carbocycles. The molecule has 0 bridgehead atoms. The number of carbonyl (C=O) groups excluding carboxylic acids is 1. The summed E-state index contributed by atoms with van der Waals surface area (Å²) >= 11 is 7.34. The van der Waals surface area contributed by atoms with Crippen LogP contribution in [0.2, 0.25) is 5.02 Å². The Hall–Kier alpha value is -1.99. The molecule has 126 valence electrons. The zero-order valence-electron chi connectivity index (χ0n) is 12.2. The van der Waals surface area contributed by atoms with Crippen LogP contribution in [0.15, 0.2) is 42.5 Å². The number of nitrogens with zero attached hydrogens (tertiary/aromatic N) is 1. The predicted octanol–water partition coefficient (Wildman–Crippen LogP) is 4.43. The van der Waals surface area contributed by atoms with E-state index in [9.17, 15) is 18.7 Å². The summed E-state index contributed by atoms with van der Waals surface area (Å²) in [5.74, 6) is 0.0555. The molecule has 1 N–H and O–H groups in total. The number of phenols is 1. The van der Waals surface area contributed by atoms with Crippen LogP contribution in [0.3, 0.4) is 0 Å². The van der Waals surface area contributed by atoms with E-state index >= 15 is 0 Å². The van der Waals surface area contributed by atoms with Crippen molar-refractivity contribution in [1.29, 1.82) is 0 Å². The first-order valence-corrected chi connectivity index (χ1v) is 8.35. The molecule has 0 aromatic heterocycles. The highest BCUT2D eigenvalue weighted by Crippen LogP contribution is 2.45. The molecule has 1 unspecified atom stereocenters. The van der Waals surface area contributed by atoms with E-state index in [4.69, 9.17) is 11.6 Å². The van der Waals surface area contributed by atoms with E-state index in [0.29, 0.717) is 10.7 Å². The second-order valence-electron chi connectivity index (χ2n) is 5.01. The number of thioether (sulfide) groups is 1. The highest BCUT2D eigenvalue weighted by atomic mass is 35.5. The number of benzene rings is 2. The lowest BCUT2D eigenvalue weighted by atomic mass is 10.1. The summed E-state index contributed by atoms with van der Waals surface area (Å²) in [4.78, 5) is 13.7. The second kappa shape index (κ2) is 6.86. The molecular formula is C16H12ClF2NO3S. The fourth-order valence-corrected chi connectivity index (χ4v) is 3.77. The summed E-state index contributed by atoms with van der Waals surface area (Å²) in [5, 5.41) is 10.1. The van der Waals surface area contributed by atoms with Gasteiger partial charge in [-0.05, 0) is 35.9 Å². The number of phenolic OH excluding ortho intramolecular Hbond substituents is 1. The SMILES string of the molecule is O=C1CSC(c2ccc(OC(F)F)cc2)N1c1cc(Cl)ccc1O. The van der Waals surface area contributed by atoms with Crippen molar-refractivity contribution in [3.8, 4) is 11.5 Å². The van der Waals surface area contributed by atoms with E-state index in [0.717, 1.165) is 5.56 Å². The minimum absolute atomic E-state index is 0.0419. The lowest BCUT2D eigenvalue weighted by Crippen LogP contribution is -2.27. The largest absolute Gasteiger partial charge is 0.506 e. The number of hydrogen-bond donors (Lipinski definition) is 1. The third-order valence-corrected chi connectivity index (χ3v) is 4.90. The van der Waals surface area contributed by atoms with Gasteiger partial charge in [-0.15, -0.1) is 11.8 Å². The molecule has 1 amide bonds. The van der Waals surface area contributed by atoms with Crippen molar-refractivity contribution >= 4 is 35.0 Å². The molecule has 0 radical (unpaired) electrons. The molecule has 1 aliphatic heterocycles. The summed E-state index contributed by atoms with van der Waals surface area (Å²) in [5.41, 5.74) is 1.04. The maximum atomic E-state index is 12.3. The molecule has 3 rings (SSSR count). The van der Waals surface area contributed by atoms with Crippen LogP contribution in [0.5, 0.6) is 11.5 Å². The highest BCUT2D eigenvalue weighted by Gasteiger charge is 2.35. The van der Waals surface area contributed by atoms with Gasteiger partial charge >= 0.3 is 6.61 Å². The normalized spacial score (nSPS) is 17.6. The van der Waals surface area contributed by atoms with Gasteiger partial charge in [-0.2, -0.15) is 8.78 Å². The Morgan fingerprint density at radius 2 is 1.96 bits per heavy atom. The summed E-state index contributed by atoms with van der Waals surface area (Å²) in [7, 11) is 0. The van der Waals surface area contributed by atoms with Crippen LogP contribution >= 0.6 is 23.4 Å². The second-order valence-corrected chi connectivity index (χ2v) is 6.51. The Morgan fingerprint density at radius 1 is 1.25 bits per heavy atom. The van der Waals surface area contributed by atoms with Crippen LogP contribution in [0.1, 0.15) is 10.9 Å². The number of ether oxygens (including phenoxy) is 1. The number of alkyl halides is 2. The highest BCUT2D eigenvalue weighted by molar-refractivity contribution is 8.00. The number of hydrogen-bond acceptors (Lipinski definition) is 4. The van der Waals surface area contributed by atoms with E-state index in [1.807, 2.05) is 0 Å². The average Bonchev–Trinajstić information content (AvgIpc) is 2.91. The Balaban J connectivity index is 1.92. The molecule has 1 aliphatic rings. The van der Waals surface area contributed by atoms with E-state index in [-0.39, 0.29) is 28.5 Å². The van der Waals surface area contributed by atoms with Crippen LogP contribution in [-0.4, -0.2) is 23.4 Å². The lowest BCUT2D eigenvalue weighted by Gasteiger charge is -2.25. The van der Waals surface area contributed by atoms with Gasteiger partial charge in [0.1, 0.15) is 16.9 Å². The van der Waals surface area contributed by atoms with Gasteiger partial charge in [0.05, 0.1) is 11.4 Å². The molecule has 8 heteroatoms. The minimum Gasteiger partial charge on any atom is -0.506 e. The van der Waals surface area contributed by atoms with Crippen molar-refractivity contribution in [1.82, 2.24) is 0 Å². The van der Waals surface area contributed by atoms with Gasteiger partial charge in [0.25, 0.3) is 0 Å². The van der Waals surface area contributed by atoms with Crippen molar-refractivity contribution in [2.24, 2.45) is 0 Å². The summed E-state index contributed by atoms with van der Waals surface area (Å²) in [6, 6.07) is 10.5. The Kier molecular flexibility index (Phi) is 4.82. The molecular weight excluding hydrogens is 360 g/mol. The molecule has 1 heterocycles. The van der Waals surface area contributed by atoms with Crippen molar-refractivity contribution < 1.29 is 23.4 Å². The first-order valence-electron chi connectivity index (χ1n) is 6.92. The fraction of sp³-hybridized carbons (Fsp3) is 0.188. The molecule has 1 atom stereocenters. The zero-order valence-corrected chi connectivity index (χ0v) is 13.7. The van der Waals surface area contributed by atoms with Gasteiger partial charge in [0, 0.05) is 5.02 Å². The molecule has 2 aromatic rings. The number of halogens is 3. The van der Waals surface area contributed by atoms with Crippen LogP contribution < -0.4 is 9.64 Å². The van der Waals surface area contributed by atoms with E-state index < -0.39 is 6.61 Å². The quantitative estimate of drug-likeness (QED) is 0.864. The molecule has 4 nitrogen and oxygen atoms in total. The van der Waals surface area contributed by atoms with Gasteiger partial charge in [0.2, 0.25) is 5.91 Å². The third kappa shape index (κ3) is 3.42. The van der Waals surface area contributed by atoms with Gasteiger partial charge in [-0.1, -0.05) is 23.7 Å². The summed E-state index contributed by atoms with van der Waals surface area (Å²) in [6.07, 6.45) is 0. The number of amides is 1. The molecule has 1 fully saturated rings. The van der Waals surface area contributed by atoms with Gasteiger partial charge in [0.15, 0.2) is 0 Å². The first kappa shape index (κ1) is 16.9. The monoisotopic (exact) mass is 371 g/mol. The minimum atomic E-state index is -2.89. The topological polar surface area (TPSA) is 49.8 Å².